The van der Waals surface area contributed by atoms with Crippen molar-refractivity contribution in [3.8, 4) is 5.75 Å². The van der Waals surface area contributed by atoms with Crippen LogP contribution in [0, 0.1) is 0 Å². The predicted octanol–water partition coefficient (Wildman–Crippen LogP) is 1.12. The van der Waals surface area contributed by atoms with Crippen LogP contribution in [0.5, 0.6) is 5.75 Å². The monoisotopic (exact) mass is 294 g/mol. The van der Waals surface area contributed by atoms with Crippen molar-refractivity contribution in [2.45, 2.75) is 12.5 Å². The Labute approximate surface area is 122 Å². The van der Waals surface area contributed by atoms with Crippen LogP contribution in [0.15, 0.2) is 24.3 Å². The zero-order valence-corrected chi connectivity index (χ0v) is 11.7. The van der Waals surface area contributed by atoms with Crippen LogP contribution >= 0.6 is 0 Å². The molecule has 1 unspecified atom stereocenters. The van der Waals surface area contributed by atoms with Gasteiger partial charge in [-0.05, 0) is 12.1 Å². The van der Waals surface area contributed by atoms with E-state index in [1.54, 1.807) is 19.2 Å². The van der Waals surface area contributed by atoms with E-state index in [9.17, 15) is 14.7 Å². The van der Waals surface area contributed by atoms with Crippen molar-refractivity contribution >= 4 is 17.7 Å². The zero-order valence-electron chi connectivity index (χ0n) is 11.7. The summed E-state index contributed by atoms with van der Waals surface area (Å²) in [4.78, 5) is 26.3. The first-order valence-corrected chi connectivity index (χ1v) is 6.62. The number of hydrogen-bond acceptors (Lipinski definition) is 4. The number of hydrogen-bond donors (Lipinski definition) is 2. The van der Waals surface area contributed by atoms with Crippen LogP contribution < -0.4 is 4.90 Å². The summed E-state index contributed by atoms with van der Waals surface area (Å²) < 4.78 is 5.25. The maximum Gasteiger partial charge on any atom is 0.324 e. The number of carbonyl (C=O) groups is 2. The van der Waals surface area contributed by atoms with Crippen molar-refractivity contribution < 1.29 is 24.5 Å². The van der Waals surface area contributed by atoms with Gasteiger partial charge in [0.2, 0.25) is 0 Å². The molecule has 0 radical (unpaired) electrons. The normalized spacial score (nSPS) is 18.3. The molecule has 0 spiro atoms. The number of amides is 2. The molecule has 1 heterocycles. The average Bonchev–Trinajstić information content (AvgIpc) is 2.46. The third-order valence-electron chi connectivity index (χ3n) is 3.39. The van der Waals surface area contributed by atoms with E-state index in [-0.39, 0.29) is 24.8 Å². The minimum Gasteiger partial charge on any atom is -0.508 e. The number of carbonyl (C=O) groups excluding carboxylic acids is 1. The summed E-state index contributed by atoms with van der Waals surface area (Å²) in [6.07, 6.45) is -0.153. The van der Waals surface area contributed by atoms with Crippen LogP contribution in [0.3, 0.4) is 0 Å². The van der Waals surface area contributed by atoms with Crippen molar-refractivity contribution in [2.75, 3.05) is 31.7 Å². The summed E-state index contributed by atoms with van der Waals surface area (Å²) in [5.41, 5.74) is 0.542. The highest BCUT2D eigenvalue weighted by atomic mass is 16.5. The quantitative estimate of drug-likeness (QED) is 0.872. The van der Waals surface area contributed by atoms with Gasteiger partial charge in [0.05, 0.1) is 25.7 Å². The number of aliphatic carboxylic acids is 1. The molecule has 1 atom stereocenters. The largest absolute Gasteiger partial charge is 0.508 e. The topological polar surface area (TPSA) is 90.3 Å². The Kier molecular flexibility index (Phi) is 4.64. The Bertz CT molecular complexity index is 534. The number of benzene rings is 1. The number of carboxylic acid groups (broad SMARTS) is 1. The highest BCUT2D eigenvalue weighted by Gasteiger charge is 2.31. The lowest BCUT2D eigenvalue weighted by atomic mass is 10.1. The molecule has 1 aliphatic heterocycles. The fourth-order valence-electron chi connectivity index (χ4n) is 2.28. The number of nitrogens with zero attached hydrogens (tertiary/aromatic N) is 2. The molecule has 1 aromatic carbocycles. The molecule has 21 heavy (non-hydrogen) atoms. The Balaban J connectivity index is 2.14. The maximum atomic E-state index is 12.5. The van der Waals surface area contributed by atoms with Crippen LogP contribution in [0.25, 0.3) is 0 Å². The van der Waals surface area contributed by atoms with Crippen LogP contribution in [-0.2, 0) is 9.53 Å². The third-order valence-corrected chi connectivity index (χ3v) is 3.39. The minimum atomic E-state index is -0.969. The summed E-state index contributed by atoms with van der Waals surface area (Å²) in [6.45, 7) is 0.946. The summed E-state index contributed by atoms with van der Waals surface area (Å²) in [7, 11) is 1.59. The molecule has 2 N–H and O–H groups in total. The number of carboxylic acids is 1. The van der Waals surface area contributed by atoms with Gasteiger partial charge in [-0.25, -0.2) is 4.79 Å². The summed E-state index contributed by atoms with van der Waals surface area (Å²) >= 11 is 0. The average molecular weight is 294 g/mol. The van der Waals surface area contributed by atoms with Gasteiger partial charge < -0.3 is 19.8 Å². The highest BCUT2D eigenvalue weighted by molar-refractivity contribution is 5.92. The van der Waals surface area contributed by atoms with Gasteiger partial charge in [-0.1, -0.05) is 6.07 Å². The number of urea groups is 1. The van der Waals surface area contributed by atoms with Gasteiger partial charge >= 0.3 is 12.0 Å². The highest BCUT2D eigenvalue weighted by Crippen LogP contribution is 2.21. The number of ether oxygens (including phenoxy) is 1. The van der Waals surface area contributed by atoms with E-state index in [1.165, 1.54) is 21.9 Å². The molecule has 114 valence electrons. The van der Waals surface area contributed by atoms with E-state index >= 15 is 0 Å². The summed E-state index contributed by atoms with van der Waals surface area (Å²) in [5.74, 6) is -0.903. The van der Waals surface area contributed by atoms with Gasteiger partial charge in [0, 0.05) is 25.3 Å². The van der Waals surface area contributed by atoms with Crippen molar-refractivity contribution in [1.82, 2.24) is 4.90 Å². The first-order valence-electron chi connectivity index (χ1n) is 6.62. The Hall–Kier alpha value is -2.28. The van der Waals surface area contributed by atoms with E-state index in [1.807, 2.05) is 0 Å². The number of phenolic OH excluding ortho intramolecular Hbond substituents is 1. The molecule has 1 fully saturated rings. The lowest BCUT2D eigenvalue weighted by Gasteiger charge is -2.37. The smallest absolute Gasteiger partial charge is 0.324 e. The molecule has 2 rings (SSSR count). The molecule has 0 aliphatic carbocycles. The molecule has 0 bridgehead atoms. The number of anilines is 1. The first-order chi connectivity index (χ1) is 9.99. The van der Waals surface area contributed by atoms with Crippen molar-refractivity contribution in [3.63, 3.8) is 0 Å². The van der Waals surface area contributed by atoms with Gasteiger partial charge in [-0.2, -0.15) is 0 Å². The van der Waals surface area contributed by atoms with Gasteiger partial charge in [-0.15, -0.1) is 0 Å². The Morgan fingerprint density at radius 2 is 2.24 bits per heavy atom. The second kappa shape index (κ2) is 6.45. The summed E-state index contributed by atoms with van der Waals surface area (Å²) in [5, 5.41) is 18.4. The second-order valence-electron chi connectivity index (χ2n) is 4.88. The van der Waals surface area contributed by atoms with Crippen molar-refractivity contribution in [3.05, 3.63) is 24.3 Å². The zero-order chi connectivity index (χ0) is 15.4. The summed E-state index contributed by atoms with van der Waals surface area (Å²) in [6, 6.07) is 5.54. The molecule has 1 aliphatic rings. The molecule has 7 heteroatoms. The van der Waals surface area contributed by atoms with E-state index < -0.39 is 12.0 Å². The molecule has 0 aromatic heterocycles. The van der Waals surface area contributed by atoms with Gasteiger partial charge in [0.15, 0.2) is 0 Å². The minimum absolute atomic E-state index is 0.0659. The van der Waals surface area contributed by atoms with E-state index in [2.05, 4.69) is 0 Å². The van der Waals surface area contributed by atoms with Gasteiger partial charge in [-0.3, -0.25) is 9.69 Å². The van der Waals surface area contributed by atoms with Crippen molar-refractivity contribution in [1.29, 1.82) is 0 Å². The third kappa shape index (κ3) is 3.63. The lowest BCUT2D eigenvalue weighted by Crippen LogP contribution is -2.53. The standard InChI is InChI=1S/C14H18N2O5/c1-15(10-3-2-4-12(17)7-10)14(20)16-5-6-21-9-11(16)8-13(18)19/h2-4,7,11,17H,5-6,8-9H2,1H3,(H,18,19). The molecular weight excluding hydrogens is 276 g/mol. The van der Waals surface area contributed by atoms with E-state index in [0.29, 0.717) is 18.8 Å². The predicted molar refractivity (Wildman–Crippen MR) is 75.5 cm³/mol. The molecular formula is C14H18N2O5. The maximum absolute atomic E-state index is 12.5. The molecule has 7 nitrogen and oxygen atoms in total. The number of morpholine rings is 1. The fraction of sp³-hybridized carbons (Fsp3) is 0.429. The van der Waals surface area contributed by atoms with Gasteiger partial charge in [0.1, 0.15) is 5.75 Å². The molecule has 1 aromatic rings. The van der Waals surface area contributed by atoms with Gasteiger partial charge in [0.25, 0.3) is 0 Å². The number of aromatic hydroxyl groups is 1. The molecule has 2 amide bonds. The Morgan fingerprint density at radius 1 is 1.48 bits per heavy atom. The van der Waals surface area contributed by atoms with Crippen LogP contribution in [0.4, 0.5) is 10.5 Å². The molecule has 1 saturated heterocycles. The number of rotatable bonds is 3. The first kappa shape index (κ1) is 15.1. The second-order valence-corrected chi connectivity index (χ2v) is 4.88. The van der Waals surface area contributed by atoms with Crippen LogP contribution in [-0.4, -0.2) is 60.0 Å². The SMILES string of the molecule is CN(C(=O)N1CCOCC1CC(=O)O)c1cccc(O)c1. The Morgan fingerprint density at radius 3 is 2.90 bits per heavy atom. The molecule has 0 saturated carbocycles. The van der Waals surface area contributed by atoms with Crippen molar-refractivity contribution in [2.24, 2.45) is 0 Å². The van der Waals surface area contributed by atoms with Crippen LogP contribution in [0.2, 0.25) is 0 Å². The fourth-order valence-corrected chi connectivity index (χ4v) is 2.28. The van der Waals surface area contributed by atoms with E-state index in [0.717, 1.165) is 0 Å². The lowest BCUT2D eigenvalue weighted by molar-refractivity contribution is -0.139. The number of phenols is 1. The van der Waals surface area contributed by atoms with E-state index in [4.69, 9.17) is 9.84 Å². The van der Waals surface area contributed by atoms with Crippen LogP contribution in [0.1, 0.15) is 6.42 Å².